The Morgan fingerprint density at radius 2 is 2.15 bits per heavy atom. The number of nitrogens with zero attached hydrogens (tertiary/aromatic N) is 2. The van der Waals surface area contributed by atoms with Crippen molar-refractivity contribution >= 4 is 28.1 Å². The number of hydrogen-bond donors (Lipinski definition) is 1. The number of fused-ring (bicyclic) bond motifs is 1. The van der Waals surface area contributed by atoms with E-state index in [0.29, 0.717) is 5.92 Å². The van der Waals surface area contributed by atoms with Gasteiger partial charge in [0.05, 0.1) is 11.0 Å². The molecule has 4 heteroatoms. The molecule has 0 spiro atoms. The van der Waals surface area contributed by atoms with Crippen LogP contribution >= 0.6 is 11.3 Å². The molecule has 0 amide bonds. The first-order valence-electron chi connectivity index (χ1n) is 6.93. The van der Waals surface area contributed by atoms with Crippen molar-refractivity contribution in [2.75, 3.05) is 5.73 Å². The number of nitrogens with two attached hydrogens (primary N) is 1. The molecular weight excluding hydrogens is 266 g/mol. The van der Waals surface area contributed by atoms with E-state index in [1.54, 1.807) is 0 Å². The maximum Gasteiger partial charge on any atom is 0.112 e. The van der Waals surface area contributed by atoms with Gasteiger partial charge in [-0.15, -0.1) is 11.3 Å². The van der Waals surface area contributed by atoms with Gasteiger partial charge in [0.25, 0.3) is 0 Å². The third kappa shape index (κ3) is 2.43. The van der Waals surface area contributed by atoms with Crippen molar-refractivity contribution in [1.82, 2.24) is 9.55 Å². The summed E-state index contributed by atoms with van der Waals surface area (Å²) in [5.41, 5.74) is 8.82. The van der Waals surface area contributed by atoms with Crippen LogP contribution in [0.5, 0.6) is 0 Å². The highest BCUT2D eigenvalue weighted by Gasteiger charge is 2.13. The fraction of sp³-hybridized carbons (Fsp3) is 0.312. The maximum atomic E-state index is 5.86. The largest absolute Gasteiger partial charge is 0.399 e. The molecule has 104 valence electrons. The number of thiophene rings is 1. The van der Waals surface area contributed by atoms with E-state index in [-0.39, 0.29) is 0 Å². The molecule has 0 aliphatic carbocycles. The first-order valence-corrected chi connectivity index (χ1v) is 7.81. The van der Waals surface area contributed by atoms with Crippen molar-refractivity contribution in [2.24, 2.45) is 0 Å². The average molecular weight is 285 g/mol. The van der Waals surface area contributed by atoms with Crippen molar-refractivity contribution in [1.29, 1.82) is 0 Å². The highest BCUT2D eigenvalue weighted by molar-refractivity contribution is 7.09. The van der Waals surface area contributed by atoms with E-state index in [1.807, 2.05) is 23.5 Å². The van der Waals surface area contributed by atoms with Crippen LogP contribution < -0.4 is 5.73 Å². The molecule has 2 aromatic heterocycles. The van der Waals surface area contributed by atoms with E-state index < -0.39 is 0 Å². The molecule has 3 rings (SSSR count). The quantitative estimate of drug-likeness (QED) is 0.735. The summed E-state index contributed by atoms with van der Waals surface area (Å²) in [6, 6.07) is 10.3. The Kier molecular flexibility index (Phi) is 3.49. The predicted molar refractivity (Wildman–Crippen MR) is 86.3 cm³/mol. The topological polar surface area (TPSA) is 43.8 Å². The fourth-order valence-corrected chi connectivity index (χ4v) is 3.22. The zero-order chi connectivity index (χ0) is 14.1. The van der Waals surface area contributed by atoms with E-state index in [1.165, 1.54) is 10.4 Å². The Bertz CT molecular complexity index is 711. The Hall–Kier alpha value is -1.81. The van der Waals surface area contributed by atoms with E-state index >= 15 is 0 Å². The van der Waals surface area contributed by atoms with Crippen LogP contribution in [0.25, 0.3) is 11.0 Å². The number of aromatic nitrogens is 2. The van der Waals surface area contributed by atoms with Gasteiger partial charge in [0.1, 0.15) is 5.82 Å². The van der Waals surface area contributed by atoms with Gasteiger partial charge >= 0.3 is 0 Å². The molecule has 3 nitrogen and oxygen atoms in total. The van der Waals surface area contributed by atoms with Crippen LogP contribution in [0.3, 0.4) is 0 Å². The summed E-state index contributed by atoms with van der Waals surface area (Å²) in [6.07, 6.45) is 1.05. The van der Waals surface area contributed by atoms with Gasteiger partial charge in [-0.25, -0.2) is 4.98 Å². The van der Waals surface area contributed by atoms with E-state index in [4.69, 9.17) is 10.7 Å². The van der Waals surface area contributed by atoms with Gasteiger partial charge in [-0.1, -0.05) is 19.9 Å². The van der Waals surface area contributed by atoms with Gasteiger partial charge in [-0.2, -0.15) is 0 Å². The molecule has 0 saturated heterocycles. The monoisotopic (exact) mass is 285 g/mol. The van der Waals surface area contributed by atoms with Crippen LogP contribution in [0.1, 0.15) is 30.5 Å². The maximum absolute atomic E-state index is 5.86. The van der Waals surface area contributed by atoms with Crippen LogP contribution in [0.15, 0.2) is 35.7 Å². The van der Waals surface area contributed by atoms with Gasteiger partial charge in [0, 0.05) is 23.0 Å². The summed E-state index contributed by atoms with van der Waals surface area (Å²) >= 11 is 1.81. The average Bonchev–Trinajstić information content (AvgIpc) is 3.02. The summed E-state index contributed by atoms with van der Waals surface area (Å²) < 4.78 is 2.33. The second-order valence-electron chi connectivity index (χ2n) is 5.35. The third-order valence-electron chi connectivity index (χ3n) is 3.48. The minimum absolute atomic E-state index is 0.409. The second-order valence-corrected chi connectivity index (χ2v) is 6.39. The standard InChI is InChI=1S/C16H19N3S/c1-11(2)16-18-14-10-12(17)5-6-15(14)19(16)8-7-13-4-3-9-20-13/h3-6,9-11H,7-8,17H2,1-2H3. The number of anilines is 1. The molecule has 20 heavy (non-hydrogen) atoms. The molecule has 1 aromatic carbocycles. The zero-order valence-corrected chi connectivity index (χ0v) is 12.7. The van der Waals surface area contributed by atoms with Gasteiger partial charge in [-0.3, -0.25) is 0 Å². The summed E-state index contributed by atoms with van der Waals surface area (Å²) in [6.45, 7) is 5.34. The Balaban J connectivity index is 2.00. The lowest BCUT2D eigenvalue weighted by Crippen LogP contribution is -2.07. The van der Waals surface area contributed by atoms with Crippen LogP contribution in [0.2, 0.25) is 0 Å². The molecule has 2 N–H and O–H groups in total. The van der Waals surface area contributed by atoms with Crippen LogP contribution in [0.4, 0.5) is 5.69 Å². The number of imidazole rings is 1. The van der Waals surface area contributed by atoms with Gasteiger partial charge < -0.3 is 10.3 Å². The number of benzene rings is 1. The van der Waals surface area contributed by atoms with Gasteiger partial charge in [-0.05, 0) is 36.1 Å². The van der Waals surface area contributed by atoms with Crippen LogP contribution in [-0.4, -0.2) is 9.55 Å². The Labute approximate surface area is 123 Å². The molecule has 0 fully saturated rings. The van der Waals surface area contributed by atoms with Gasteiger partial charge in [0.15, 0.2) is 0 Å². The molecule has 0 bridgehead atoms. The lowest BCUT2D eigenvalue weighted by Gasteiger charge is -2.10. The number of nitrogen functional groups attached to an aromatic ring is 1. The zero-order valence-electron chi connectivity index (χ0n) is 11.8. The molecule has 0 radical (unpaired) electrons. The summed E-state index contributed by atoms with van der Waals surface area (Å²) in [7, 11) is 0. The van der Waals surface area contributed by atoms with Crippen molar-refractivity contribution in [3.05, 3.63) is 46.4 Å². The minimum atomic E-state index is 0.409. The first-order chi connectivity index (χ1) is 9.65. The lowest BCUT2D eigenvalue weighted by molar-refractivity contribution is 0.637. The molecule has 0 unspecified atom stereocenters. The summed E-state index contributed by atoms with van der Waals surface area (Å²) in [5.74, 6) is 1.55. The van der Waals surface area contributed by atoms with Crippen LogP contribution in [0, 0.1) is 0 Å². The number of aryl methyl sites for hydroxylation is 2. The minimum Gasteiger partial charge on any atom is -0.399 e. The van der Waals surface area contributed by atoms with E-state index in [9.17, 15) is 0 Å². The molecule has 0 atom stereocenters. The SMILES string of the molecule is CC(C)c1nc2cc(N)ccc2n1CCc1cccs1. The lowest BCUT2D eigenvalue weighted by atomic mass is 10.2. The van der Waals surface area contributed by atoms with Crippen molar-refractivity contribution < 1.29 is 0 Å². The molecule has 3 aromatic rings. The second kappa shape index (κ2) is 5.29. The molecular formula is C16H19N3S. The highest BCUT2D eigenvalue weighted by atomic mass is 32.1. The third-order valence-corrected chi connectivity index (χ3v) is 4.42. The summed E-state index contributed by atoms with van der Waals surface area (Å²) in [5, 5.41) is 2.13. The fourth-order valence-electron chi connectivity index (χ4n) is 2.52. The van der Waals surface area contributed by atoms with E-state index in [2.05, 4.69) is 42.0 Å². The smallest absolute Gasteiger partial charge is 0.112 e. The van der Waals surface area contributed by atoms with Crippen molar-refractivity contribution in [3.8, 4) is 0 Å². The van der Waals surface area contributed by atoms with Crippen molar-refractivity contribution in [2.45, 2.75) is 32.7 Å². The predicted octanol–water partition coefficient (Wildman–Crippen LogP) is 4.05. The Morgan fingerprint density at radius 1 is 1.30 bits per heavy atom. The highest BCUT2D eigenvalue weighted by Crippen LogP contribution is 2.24. The number of hydrogen-bond acceptors (Lipinski definition) is 3. The normalized spacial score (nSPS) is 11.6. The molecule has 0 saturated carbocycles. The van der Waals surface area contributed by atoms with Gasteiger partial charge in [0.2, 0.25) is 0 Å². The van der Waals surface area contributed by atoms with E-state index in [0.717, 1.165) is 30.0 Å². The molecule has 0 aliphatic heterocycles. The Morgan fingerprint density at radius 3 is 2.85 bits per heavy atom. The van der Waals surface area contributed by atoms with Crippen molar-refractivity contribution in [3.63, 3.8) is 0 Å². The molecule has 0 aliphatic rings. The van der Waals surface area contributed by atoms with Crippen LogP contribution in [-0.2, 0) is 13.0 Å². The summed E-state index contributed by atoms with van der Waals surface area (Å²) in [4.78, 5) is 6.17. The number of rotatable bonds is 4. The molecule has 2 heterocycles. The first kappa shape index (κ1) is 13.2.